The minimum Gasteiger partial charge on any atom is -0.341 e. The summed E-state index contributed by atoms with van der Waals surface area (Å²) in [5, 5.41) is 0. The van der Waals surface area contributed by atoms with Crippen LogP contribution >= 0.6 is 0 Å². The van der Waals surface area contributed by atoms with E-state index in [1.165, 1.54) is 25.9 Å². The average molecular weight is 328 g/mol. The van der Waals surface area contributed by atoms with Gasteiger partial charge in [0.2, 0.25) is 5.91 Å². The van der Waals surface area contributed by atoms with Gasteiger partial charge in [-0.1, -0.05) is 0 Å². The van der Waals surface area contributed by atoms with Gasteiger partial charge in [-0.3, -0.25) is 14.6 Å². The van der Waals surface area contributed by atoms with Crippen LogP contribution in [0.1, 0.15) is 23.2 Å². The van der Waals surface area contributed by atoms with Crippen LogP contribution in [0, 0.1) is 11.8 Å². The van der Waals surface area contributed by atoms with Crippen molar-refractivity contribution in [1.29, 1.82) is 0 Å². The van der Waals surface area contributed by atoms with Crippen LogP contribution in [-0.2, 0) is 4.79 Å². The van der Waals surface area contributed by atoms with Gasteiger partial charge >= 0.3 is 0 Å². The van der Waals surface area contributed by atoms with Crippen molar-refractivity contribution < 1.29 is 9.59 Å². The minimum absolute atomic E-state index is 0.00563. The topological polar surface area (TPSA) is 56.8 Å². The molecule has 3 saturated heterocycles. The summed E-state index contributed by atoms with van der Waals surface area (Å²) < 4.78 is 0. The van der Waals surface area contributed by atoms with Gasteiger partial charge in [-0.15, -0.1) is 0 Å². The van der Waals surface area contributed by atoms with E-state index in [4.69, 9.17) is 0 Å². The molecular weight excluding hydrogens is 304 g/mol. The first-order valence-corrected chi connectivity index (χ1v) is 8.93. The van der Waals surface area contributed by atoms with Crippen LogP contribution in [0.5, 0.6) is 0 Å². The number of carbonyl (C=O) groups is 2. The van der Waals surface area contributed by atoms with Crippen molar-refractivity contribution in [1.82, 2.24) is 19.7 Å². The molecule has 128 valence electrons. The molecule has 4 heterocycles. The zero-order chi connectivity index (χ0) is 16.5. The first-order chi connectivity index (χ1) is 11.7. The maximum absolute atomic E-state index is 12.7. The number of likely N-dealkylation sites (tertiary alicyclic amines) is 3. The molecule has 1 aromatic rings. The summed E-state index contributed by atoms with van der Waals surface area (Å²) in [7, 11) is 0. The third-order valence-corrected chi connectivity index (χ3v) is 5.61. The Morgan fingerprint density at radius 1 is 1.17 bits per heavy atom. The van der Waals surface area contributed by atoms with Crippen molar-refractivity contribution in [2.24, 2.45) is 11.8 Å². The number of pyridine rings is 1. The van der Waals surface area contributed by atoms with Crippen LogP contribution in [0.4, 0.5) is 0 Å². The van der Waals surface area contributed by atoms with Crippen molar-refractivity contribution in [2.75, 3.05) is 45.8 Å². The fourth-order valence-corrected chi connectivity index (χ4v) is 4.25. The molecule has 0 spiro atoms. The number of amides is 2. The molecular formula is C18H24N4O2. The van der Waals surface area contributed by atoms with E-state index in [2.05, 4.69) is 9.88 Å². The second-order valence-electron chi connectivity index (χ2n) is 7.15. The van der Waals surface area contributed by atoms with Crippen LogP contribution in [0.15, 0.2) is 24.5 Å². The van der Waals surface area contributed by atoms with Crippen molar-refractivity contribution in [3.8, 4) is 0 Å². The second-order valence-corrected chi connectivity index (χ2v) is 7.15. The SMILES string of the molecule is O=C(c1cccnc1)N1C[C@@H]2CN(CCN3CCCC3)C(=O)[C@@H]2C1. The lowest BCUT2D eigenvalue weighted by atomic mass is 10.0. The highest BCUT2D eigenvalue weighted by Crippen LogP contribution is 2.32. The predicted octanol–water partition coefficient (Wildman–Crippen LogP) is 0.708. The fourth-order valence-electron chi connectivity index (χ4n) is 4.25. The Bertz CT molecular complexity index is 615. The van der Waals surface area contributed by atoms with E-state index >= 15 is 0 Å². The third kappa shape index (κ3) is 2.90. The highest BCUT2D eigenvalue weighted by Gasteiger charge is 2.47. The van der Waals surface area contributed by atoms with Crippen molar-refractivity contribution in [3.63, 3.8) is 0 Å². The molecule has 0 N–H and O–H groups in total. The van der Waals surface area contributed by atoms with E-state index < -0.39 is 0 Å². The zero-order valence-corrected chi connectivity index (χ0v) is 13.9. The molecule has 3 aliphatic heterocycles. The maximum atomic E-state index is 12.7. The highest BCUT2D eigenvalue weighted by atomic mass is 16.2. The molecule has 2 atom stereocenters. The molecule has 1 aromatic heterocycles. The molecule has 0 radical (unpaired) electrons. The van der Waals surface area contributed by atoms with Gasteiger partial charge in [0.25, 0.3) is 5.91 Å². The molecule has 24 heavy (non-hydrogen) atoms. The summed E-state index contributed by atoms with van der Waals surface area (Å²) in [4.78, 5) is 35.5. The van der Waals surface area contributed by atoms with E-state index in [9.17, 15) is 9.59 Å². The molecule has 0 aliphatic carbocycles. The normalized spacial score (nSPS) is 27.1. The summed E-state index contributed by atoms with van der Waals surface area (Å²) in [5.74, 6) is 0.510. The van der Waals surface area contributed by atoms with Gasteiger partial charge in [-0.05, 0) is 38.1 Å². The minimum atomic E-state index is -0.0100. The maximum Gasteiger partial charge on any atom is 0.255 e. The van der Waals surface area contributed by atoms with Crippen molar-refractivity contribution >= 4 is 11.8 Å². The summed E-state index contributed by atoms with van der Waals surface area (Å²) in [5.41, 5.74) is 0.607. The first kappa shape index (κ1) is 15.6. The van der Waals surface area contributed by atoms with Crippen molar-refractivity contribution in [3.05, 3.63) is 30.1 Å². The number of fused-ring (bicyclic) bond motifs is 1. The lowest BCUT2D eigenvalue weighted by Gasteiger charge is -2.24. The van der Waals surface area contributed by atoms with Gasteiger partial charge in [0.1, 0.15) is 0 Å². The molecule has 0 bridgehead atoms. The average Bonchev–Trinajstić information content (AvgIpc) is 3.32. The first-order valence-electron chi connectivity index (χ1n) is 8.93. The molecule has 0 unspecified atom stereocenters. The van der Waals surface area contributed by atoms with Crippen LogP contribution in [0.2, 0.25) is 0 Å². The Hall–Kier alpha value is -1.95. The number of rotatable bonds is 4. The van der Waals surface area contributed by atoms with Crippen LogP contribution in [0.3, 0.4) is 0 Å². The van der Waals surface area contributed by atoms with Gasteiger partial charge in [-0.25, -0.2) is 0 Å². The Morgan fingerprint density at radius 2 is 2.00 bits per heavy atom. The fraction of sp³-hybridized carbons (Fsp3) is 0.611. The summed E-state index contributed by atoms with van der Waals surface area (Å²) >= 11 is 0. The Labute approximate surface area is 142 Å². The Morgan fingerprint density at radius 3 is 2.71 bits per heavy atom. The largest absolute Gasteiger partial charge is 0.341 e. The predicted molar refractivity (Wildman–Crippen MR) is 89.4 cm³/mol. The van der Waals surface area contributed by atoms with E-state index in [1.807, 2.05) is 9.80 Å². The molecule has 6 heteroatoms. The van der Waals surface area contributed by atoms with E-state index in [1.54, 1.807) is 24.5 Å². The van der Waals surface area contributed by atoms with Gasteiger partial charge in [0.15, 0.2) is 0 Å². The Kier molecular flexibility index (Phi) is 4.22. The molecule has 3 aliphatic rings. The summed E-state index contributed by atoms with van der Waals surface area (Å²) in [6.07, 6.45) is 5.83. The lowest BCUT2D eigenvalue weighted by Crippen LogP contribution is -2.39. The van der Waals surface area contributed by atoms with E-state index in [0.29, 0.717) is 18.7 Å². The van der Waals surface area contributed by atoms with Gasteiger partial charge < -0.3 is 14.7 Å². The van der Waals surface area contributed by atoms with Crippen LogP contribution in [0.25, 0.3) is 0 Å². The quantitative estimate of drug-likeness (QED) is 0.817. The Balaban J connectivity index is 1.33. The second kappa shape index (κ2) is 6.51. The summed E-state index contributed by atoms with van der Waals surface area (Å²) in [6.45, 7) is 6.20. The van der Waals surface area contributed by atoms with Crippen molar-refractivity contribution in [2.45, 2.75) is 12.8 Å². The number of hydrogen-bond donors (Lipinski definition) is 0. The molecule has 0 aromatic carbocycles. The zero-order valence-electron chi connectivity index (χ0n) is 13.9. The van der Waals surface area contributed by atoms with Gasteiger partial charge in [0, 0.05) is 51.0 Å². The third-order valence-electron chi connectivity index (χ3n) is 5.61. The standard InChI is InChI=1S/C18H24N4O2/c23-17(14-4-3-5-19-10-14)22-12-15-11-21(18(24)16(15)13-22)9-8-20-6-1-2-7-20/h3-5,10,15-16H,1-2,6-9,11-13H2/t15-,16+/m0/s1. The molecule has 0 saturated carbocycles. The molecule has 2 amide bonds. The smallest absolute Gasteiger partial charge is 0.255 e. The van der Waals surface area contributed by atoms with Crippen LogP contribution < -0.4 is 0 Å². The van der Waals surface area contributed by atoms with Gasteiger partial charge in [0.05, 0.1) is 11.5 Å². The molecule has 3 fully saturated rings. The molecule has 6 nitrogen and oxygen atoms in total. The molecule has 4 rings (SSSR count). The number of hydrogen-bond acceptors (Lipinski definition) is 4. The van der Waals surface area contributed by atoms with Crippen LogP contribution in [-0.4, -0.2) is 77.3 Å². The monoisotopic (exact) mass is 328 g/mol. The number of nitrogens with zero attached hydrogens (tertiary/aromatic N) is 4. The lowest BCUT2D eigenvalue weighted by molar-refractivity contribution is -0.131. The van der Waals surface area contributed by atoms with Gasteiger partial charge in [-0.2, -0.15) is 0 Å². The summed E-state index contributed by atoms with van der Waals surface area (Å²) in [6, 6.07) is 3.56. The highest BCUT2D eigenvalue weighted by molar-refractivity contribution is 5.95. The number of carbonyl (C=O) groups excluding carboxylic acids is 2. The number of aromatic nitrogens is 1. The van der Waals surface area contributed by atoms with E-state index in [0.717, 1.165) is 19.6 Å². The van der Waals surface area contributed by atoms with E-state index in [-0.39, 0.29) is 23.7 Å².